The fraction of sp³-hybridized carbons (Fsp3) is 0.833. The molecule has 0 saturated heterocycles. The molecule has 2 unspecified atom stereocenters. The number of hydrogen-bond acceptors (Lipinski definition) is 3. The van der Waals surface area contributed by atoms with Crippen molar-refractivity contribution in [2.75, 3.05) is 0 Å². The number of carbonyl (C=O) groups is 2. The minimum atomic E-state index is -1.24. The first-order chi connectivity index (χ1) is 7.97. The molecular weight excluding hydrogens is 222 g/mol. The van der Waals surface area contributed by atoms with Crippen LogP contribution < -0.4 is 5.73 Å². The van der Waals surface area contributed by atoms with Crippen LogP contribution in [0.15, 0.2) is 0 Å². The summed E-state index contributed by atoms with van der Waals surface area (Å²) in [6, 6.07) is 0. The molecule has 5 heteroatoms. The van der Waals surface area contributed by atoms with Crippen molar-refractivity contribution < 1.29 is 19.8 Å². The van der Waals surface area contributed by atoms with E-state index in [0.29, 0.717) is 12.8 Å². The van der Waals surface area contributed by atoms with E-state index in [1.165, 1.54) is 0 Å². The molecule has 0 spiro atoms. The molecule has 98 valence electrons. The highest BCUT2D eigenvalue weighted by molar-refractivity contribution is 5.79. The fourth-order valence-corrected chi connectivity index (χ4v) is 2.60. The van der Waals surface area contributed by atoms with E-state index in [1.807, 2.05) is 0 Å². The average molecular weight is 243 g/mol. The second-order valence-corrected chi connectivity index (χ2v) is 4.93. The van der Waals surface area contributed by atoms with Crippen molar-refractivity contribution in [3.8, 4) is 0 Å². The number of hydrogen-bond donors (Lipinski definition) is 3. The number of nitrogens with two attached hydrogens (primary N) is 1. The van der Waals surface area contributed by atoms with Gasteiger partial charge < -0.3 is 15.9 Å². The van der Waals surface area contributed by atoms with Crippen LogP contribution in [0.1, 0.15) is 51.4 Å². The maximum absolute atomic E-state index is 11.3. The molecule has 1 aliphatic rings. The molecule has 17 heavy (non-hydrogen) atoms. The summed E-state index contributed by atoms with van der Waals surface area (Å²) in [5, 5.41) is 18.0. The molecule has 0 aromatic heterocycles. The molecule has 0 heterocycles. The molecule has 4 N–H and O–H groups in total. The minimum absolute atomic E-state index is 0.00308. The maximum Gasteiger partial charge on any atom is 0.323 e. The van der Waals surface area contributed by atoms with Gasteiger partial charge in [-0.15, -0.1) is 0 Å². The molecule has 1 rings (SSSR count). The van der Waals surface area contributed by atoms with Crippen molar-refractivity contribution in [2.24, 2.45) is 11.7 Å². The predicted octanol–water partition coefficient (Wildman–Crippen LogP) is 1.60. The lowest BCUT2D eigenvalue weighted by atomic mass is 9.73. The SMILES string of the molecule is NC1(C(=O)O)CCCCCCC1CCC(=O)O. The smallest absolute Gasteiger partial charge is 0.323 e. The third-order valence-electron chi connectivity index (χ3n) is 3.73. The average Bonchev–Trinajstić information content (AvgIpc) is 2.22. The Kier molecular flexibility index (Phi) is 4.93. The van der Waals surface area contributed by atoms with Gasteiger partial charge in [-0.05, 0) is 25.2 Å². The van der Waals surface area contributed by atoms with Gasteiger partial charge in [0.2, 0.25) is 0 Å². The summed E-state index contributed by atoms with van der Waals surface area (Å²) in [6.45, 7) is 0. The lowest BCUT2D eigenvalue weighted by Gasteiger charge is -2.35. The summed E-state index contributed by atoms with van der Waals surface area (Å²) in [5.41, 5.74) is 4.77. The molecule has 0 aliphatic heterocycles. The van der Waals surface area contributed by atoms with Crippen LogP contribution in [0.25, 0.3) is 0 Å². The first-order valence-electron chi connectivity index (χ1n) is 6.21. The molecule has 1 aliphatic carbocycles. The van der Waals surface area contributed by atoms with Crippen LogP contribution in [0.3, 0.4) is 0 Å². The zero-order valence-electron chi connectivity index (χ0n) is 10.0. The van der Waals surface area contributed by atoms with Crippen molar-refractivity contribution in [2.45, 2.75) is 56.9 Å². The highest BCUT2D eigenvalue weighted by atomic mass is 16.4. The standard InChI is InChI=1S/C12H21NO4/c13-12(11(16)17)8-4-2-1-3-5-9(12)6-7-10(14)15/h9H,1-8,13H2,(H,14,15)(H,16,17). The number of carboxylic acid groups (broad SMARTS) is 2. The predicted molar refractivity (Wildman–Crippen MR) is 62.6 cm³/mol. The van der Waals surface area contributed by atoms with Gasteiger partial charge in [-0.25, -0.2) is 0 Å². The van der Waals surface area contributed by atoms with Gasteiger partial charge in [-0.2, -0.15) is 0 Å². The van der Waals surface area contributed by atoms with Crippen LogP contribution in [-0.4, -0.2) is 27.7 Å². The van der Waals surface area contributed by atoms with Gasteiger partial charge in [-0.1, -0.05) is 25.7 Å². The van der Waals surface area contributed by atoms with Gasteiger partial charge in [0.1, 0.15) is 5.54 Å². The van der Waals surface area contributed by atoms with Gasteiger partial charge in [0, 0.05) is 6.42 Å². The zero-order chi connectivity index (χ0) is 12.9. The lowest BCUT2D eigenvalue weighted by Crippen LogP contribution is -2.54. The molecule has 0 bridgehead atoms. The van der Waals surface area contributed by atoms with Gasteiger partial charge in [-0.3, -0.25) is 9.59 Å². The summed E-state index contributed by atoms with van der Waals surface area (Å²) >= 11 is 0. The normalized spacial score (nSPS) is 30.3. The van der Waals surface area contributed by atoms with Gasteiger partial charge in [0.15, 0.2) is 0 Å². The minimum Gasteiger partial charge on any atom is -0.481 e. The van der Waals surface area contributed by atoms with E-state index in [1.54, 1.807) is 0 Å². The van der Waals surface area contributed by atoms with Crippen molar-refractivity contribution >= 4 is 11.9 Å². The molecule has 0 aromatic rings. The van der Waals surface area contributed by atoms with E-state index in [-0.39, 0.29) is 12.3 Å². The Bertz CT molecular complexity index is 292. The van der Waals surface area contributed by atoms with Crippen LogP contribution in [0.2, 0.25) is 0 Å². The molecule has 1 saturated carbocycles. The Balaban J connectivity index is 2.75. The summed E-state index contributed by atoms with van der Waals surface area (Å²) in [6.07, 6.45) is 5.37. The summed E-state index contributed by atoms with van der Waals surface area (Å²) in [4.78, 5) is 21.9. The summed E-state index contributed by atoms with van der Waals surface area (Å²) in [5.74, 6) is -2.11. The quantitative estimate of drug-likeness (QED) is 0.696. The van der Waals surface area contributed by atoms with Crippen molar-refractivity contribution in [3.63, 3.8) is 0 Å². The molecule has 2 atom stereocenters. The highest BCUT2D eigenvalue weighted by Crippen LogP contribution is 2.33. The van der Waals surface area contributed by atoms with E-state index in [2.05, 4.69) is 0 Å². The fourth-order valence-electron chi connectivity index (χ4n) is 2.60. The molecule has 5 nitrogen and oxygen atoms in total. The number of rotatable bonds is 4. The lowest BCUT2D eigenvalue weighted by molar-refractivity contribution is -0.147. The van der Waals surface area contributed by atoms with Crippen LogP contribution in [0, 0.1) is 5.92 Å². The number of aliphatic carboxylic acids is 2. The second-order valence-electron chi connectivity index (χ2n) is 4.93. The Morgan fingerprint density at radius 2 is 1.82 bits per heavy atom. The molecular formula is C12H21NO4. The first-order valence-corrected chi connectivity index (χ1v) is 6.21. The zero-order valence-corrected chi connectivity index (χ0v) is 10.0. The molecule has 0 radical (unpaired) electrons. The van der Waals surface area contributed by atoms with E-state index in [9.17, 15) is 14.7 Å². The van der Waals surface area contributed by atoms with E-state index in [4.69, 9.17) is 10.8 Å². The van der Waals surface area contributed by atoms with Gasteiger partial charge >= 0.3 is 11.9 Å². The number of carboxylic acids is 2. The van der Waals surface area contributed by atoms with E-state index in [0.717, 1.165) is 32.1 Å². The Hall–Kier alpha value is -1.10. The van der Waals surface area contributed by atoms with Crippen LogP contribution in [0.5, 0.6) is 0 Å². The topological polar surface area (TPSA) is 101 Å². The van der Waals surface area contributed by atoms with Crippen LogP contribution in [0.4, 0.5) is 0 Å². The van der Waals surface area contributed by atoms with Crippen molar-refractivity contribution in [3.05, 3.63) is 0 Å². The van der Waals surface area contributed by atoms with E-state index >= 15 is 0 Å². The first kappa shape index (κ1) is 14.0. The Morgan fingerprint density at radius 3 is 2.41 bits per heavy atom. The van der Waals surface area contributed by atoms with E-state index < -0.39 is 17.5 Å². The molecule has 1 fully saturated rings. The Morgan fingerprint density at radius 1 is 1.18 bits per heavy atom. The van der Waals surface area contributed by atoms with Gasteiger partial charge in [0.25, 0.3) is 0 Å². The monoisotopic (exact) mass is 243 g/mol. The maximum atomic E-state index is 11.3. The third-order valence-corrected chi connectivity index (χ3v) is 3.73. The Labute approximate surface area is 101 Å². The van der Waals surface area contributed by atoms with Crippen LogP contribution >= 0.6 is 0 Å². The van der Waals surface area contributed by atoms with Crippen molar-refractivity contribution in [1.82, 2.24) is 0 Å². The van der Waals surface area contributed by atoms with Crippen LogP contribution in [-0.2, 0) is 9.59 Å². The summed E-state index contributed by atoms with van der Waals surface area (Å²) < 4.78 is 0. The highest BCUT2D eigenvalue weighted by Gasteiger charge is 2.41. The third kappa shape index (κ3) is 3.70. The van der Waals surface area contributed by atoms with Gasteiger partial charge in [0.05, 0.1) is 0 Å². The molecule has 0 aromatic carbocycles. The molecule has 0 amide bonds. The van der Waals surface area contributed by atoms with Crippen molar-refractivity contribution in [1.29, 1.82) is 0 Å². The second kappa shape index (κ2) is 6.00. The largest absolute Gasteiger partial charge is 0.481 e. The summed E-state index contributed by atoms with van der Waals surface area (Å²) in [7, 11) is 0.